The highest BCUT2D eigenvalue weighted by Gasteiger charge is 2.36. The maximum Gasteiger partial charge on any atom is 0.337 e. The Morgan fingerprint density at radius 3 is 2.05 bits per heavy atom. The van der Waals surface area contributed by atoms with Crippen molar-refractivity contribution in [2.75, 3.05) is 0 Å². The van der Waals surface area contributed by atoms with E-state index in [-0.39, 0.29) is 24.2 Å². The van der Waals surface area contributed by atoms with Gasteiger partial charge in [0.25, 0.3) is 5.91 Å². The lowest BCUT2D eigenvalue weighted by molar-refractivity contribution is -0.160. The number of aryl methyl sites for hydroxylation is 1. The minimum Gasteiger partial charge on any atom is -0.479 e. The Morgan fingerprint density at radius 1 is 0.949 bits per heavy atom. The zero-order valence-corrected chi connectivity index (χ0v) is 23.0. The van der Waals surface area contributed by atoms with Gasteiger partial charge in [-0.05, 0) is 93.1 Å². The number of halogens is 1. The minimum absolute atomic E-state index is 0.0189. The minimum atomic E-state index is -1.24. The third-order valence-corrected chi connectivity index (χ3v) is 7.03. The lowest BCUT2D eigenvalue weighted by Crippen LogP contribution is -2.28. The molecule has 204 valence electrons. The number of fused-ring (bicyclic) bond motifs is 1. The maximum atomic E-state index is 14.2. The Bertz CT molecular complexity index is 1490. The van der Waals surface area contributed by atoms with Crippen molar-refractivity contribution in [3.05, 3.63) is 92.8 Å². The Morgan fingerprint density at radius 2 is 1.51 bits per heavy atom. The molecular weight excluding hydrogens is 499 g/mol. The fraction of sp³-hybridized carbons (Fsp3) is 0.323. The van der Waals surface area contributed by atoms with Gasteiger partial charge >= 0.3 is 5.97 Å². The molecule has 1 aliphatic rings. The molecule has 1 aliphatic heterocycles. The Hall–Kier alpha value is -4.04. The van der Waals surface area contributed by atoms with Crippen LogP contribution in [0, 0.1) is 26.6 Å². The van der Waals surface area contributed by atoms with Gasteiger partial charge in [-0.2, -0.15) is 0 Å². The van der Waals surface area contributed by atoms with Crippen LogP contribution in [0.5, 0.6) is 0 Å². The molecule has 2 amide bonds. The van der Waals surface area contributed by atoms with Crippen molar-refractivity contribution in [2.24, 2.45) is 5.73 Å². The first-order chi connectivity index (χ1) is 18.2. The second-order valence-electron chi connectivity index (χ2n) is 11.1. The number of carboxylic acid groups (broad SMARTS) is 1. The molecule has 8 heteroatoms. The van der Waals surface area contributed by atoms with Gasteiger partial charge in [0, 0.05) is 29.8 Å². The van der Waals surface area contributed by atoms with Crippen LogP contribution in [0.2, 0.25) is 0 Å². The summed E-state index contributed by atoms with van der Waals surface area (Å²) in [5, 5.41) is 10.3. The Kier molecular flexibility index (Phi) is 7.36. The van der Waals surface area contributed by atoms with Crippen LogP contribution < -0.4 is 5.73 Å². The highest BCUT2D eigenvalue weighted by atomic mass is 19.1. The first-order valence-corrected chi connectivity index (χ1v) is 12.7. The highest BCUT2D eigenvalue weighted by Crippen LogP contribution is 2.44. The maximum absolute atomic E-state index is 14.2. The molecule has 39 heavy (non-hydrogen) atoms. The van der Waals surface area contributed by atoms with Crippen molar-refractivity contribution in [3.8, 4) is 11.1 Å². The SMILES string of the molecule is Cc1ccc(-c2c(C)c3c(c(C)c2C(OC(C)(C)C)C(=O)O)CN(C(=O)c2cc(F)cc(C(N)=O)c2)C3)cc1. The number of ether oxygens (including phenoxy) is 1. The first-order valence-electron chi connectivity index (χ1n) is 12.7. The van der Waals surface area contributed by atoms with Crippen molar-refractivity contribution >= 4 is 17.8 Å². The van der Waals surface area contributed by atoms with Crippen LogP contribution in [0.1, 0.15) is 81.0 Å². The number of hydrogen-bond donors (Lipinski definition) is 2. The van der Waals surface area contributed by atoms with Gasteiger partial charge in [-0.1, -0.05) is 29.8 Å². The number of carbonyl (C=O) groups excluding carboxylic acids is 2. The number of primary amides is 1. The quantitative estimate of drug-likeness (QED) is 0.429. The smallest absolute Gasteiger partial charge is 0.337 e. The van der Waals surface area contributed by atoms with Crippen LogP contribution in [0.15, 0.2) is 42.5 Å². The van der Waals surface area contributed by atoms with E-state index in [1.165, 1.54) is 6.07 Å². The molecule has 0 aliphatic carbocycles. The summed E-state index contributed by atoms with van der Waals surface area (Å²) in [7, 11) is 0. The van der Waals surface area contributed by atoms with Crippen molar-refractivity contribution in [1.82, 2.24) is 4.90 Å². The van der Waals surface area contributed by atoms with Crippen LogP contribution in [0.25, 0.3) is 11.1 Å². The number of benzene rings is 3. The zero-order chi connectivity index (χ0) is 28.8. The van der Waals surface area contributed by atoms with E-state index in [9.17, 15) is 23.9 Å². The highest BCUT2D eigenvalue weighted by molar-refractivity contribution is 5.99. The van der Waals surface area contributed by atoms with Gasteiger partial charge in [0.05, 0.1) is 5.60 Å². The average molecular weight is 533 g/mol. The zero-order valence-electron chi connectivity index (χ0n) is 23.0. The van der Waals surface area contributed by atoms with E-state index in [0.717, 1.165) is 51.1 Å². The molecule has 1 heterocycles. The lowest BCUT2D eigenvalue weighted by Gasteiger charge is -2.29. The topological polar surface area (TPSA) is 110 Å². The second kappa shape index (κ2) is 10.3. The fourth-order valence-corrected chi connectivity index (χ4v) is 5.21. The summed E-state index contributed by atoms with van der Waals surface area (Å²) in [6, 6.07) is 11.2. The summed E-state index contributed by atoms with van der Waals surface area (Å²) in [6.07, 6.45) is -1.24. The third kappa shape index (κ3) is 5.56. The number of carbonyl (C=O) groups is 3. The van der Waals surface area contributed by atoms with Crippen LogP contribution in [0.4, 0.5) is 4.39 Å². The van der Waals surface area contributed by atoms with E-state index in [0.29, 0.717) is 5.56 Å². The number of hydrogen-bond acceptors (Lipinski definition) is 4. The molecule has 0 spiro atoms. The number of aliphatic carboxylic acids is 1. The predicted octanol–water partition coefficient (Wildman–Crippen LogP) is 5.61. The molecule has 0 bridgehead atoms. The Balaban J connectivity index is 1.88. The van der Waals surface area contributed by atoms with Crippen LogP contribution in [-0.2, 0) is 22.6 Å². The number of rotatable bonds is 6. The van der Waals surface area contributed by atoms with Gasteiger partial charge in [0.15, 0.2) is 6.10 Å². The predicted molar refractivity (Wildman–Crippen MR) is 146 cm³/mol. The summed E-state index contributed by atoms with van der Waals surface area (Å²) >= 11 is 0. The van der Waals surface area contributed by atoms with E-state index >= 15 is 0 Å². The molecule has 4 rings (SSSR count). The van der Waals surface area contributed by atoms with Gasteiger partial charge in [-0.3, -0.25) is 9.59 Å². The van der Waals surface area contributed by atoms with Crippen molar-refractivity contribution in [2.45, 2.75) is 66.3 Å². The molecule has 7 nitrogen and oxygen atoms in total. The molecule has 1 atom stereocenters. The number of nitrogens with two attached hydrogens (primary N) is 1. The summed E-state index contributed by atoms with van der Waals surface area (Å²) in [5.74, 6) is -3.12. The number of nitrogens with zero attached hydrogens (tertiary/aromatic N) is 1. The lowest BCUT2D eigenvalue weighted by atomic mass is 9.83. The monoisotopic (exact) mass is 532 g/mol. The molecular formula is C31H33FN2O5. The van der Waals surface area contributed by atoms with E-state index in [4.69, 9.17) is 10.5 Å². The molecule has 3 N–H and O–H groups in total. The first kappa shape index (κ1) is 28.0. The van der Waals surface area contributed by atoms with E-state index < -0.39 is 35.3 Å². The van der Waals surface area contributed by atoms with Gasteiger partial charge in [-0.25, -0.2) is 9.18 Å². The van der Waals surface area contributed by atoms with Gasteiger partial charge < -0.3 is 20.5 Å². The van der Waals surface area contributed by atoms with Gasteiger partial charge in [0.1, 0.15) is 5.82 Å². The number of carboxylic acids is 1. The summed E-state index contributed by atoms with van der Waals surface area (Å²) in [4.78, 5) is 39.3. The molecule has 0 fully saturated rings. The summed E-state index contributed by atoms with van der Waals surface area (Å²) in [5.41, 5.74) is 11.1. The standard InChI is InChI=1S/C31H33FN2O5/c1-16-7-9-19(10-8-16)25-17(2)23-14-34(29(36)21-11-20(28(33)35)12-22(32)13-21)15-24(23)18(3)26(25)27(30(37)38)39-31(4,5)6/h7-13,27H,14-15H2,1-6H3,(H2,33,35)(H,37,38). The molecule has 0 aromatic heterocycles. The van der Waals surface area contributed by atoms with Gasteiger partial charge in [-0.15, -0.1) is 0 Å². The molecule has 1 unspecified atom stereocenters. The normalized spacial score (nSPS) is 13.8. The number of amides is 2. The average Bonchev–Trinajstić information content (AvgIpc) is 3.30. The van der Waals surface area contributed by atoms with E-state index in [1.807, 2.05) is 65.8 Å². The van der Waals surface area contributed by atoms with Crippen molar-refractivity contribution < 1.29 is 28.6 Å². The fourth-order valence-electron chi connectivity index (χ4n) is 5.21. The molecule has 3 aromatic carbocycles. The molecule has 0 saturated heterocycles. The molecule has 3 aromatic rings. The second-order valence-corrected chi connectivity index (χ2v) is 11.1. The largest absolute Gasteiger partial charge is 0.479 e. The van der Waals surface area contributed by atoms with Crippen LogP contribution >= 0.6 is 0 Å². The third-order valence-electron chi connectivity index (χ3n) is 7.03. The summed E-state index contributed by atoms with van der Waals surface area (Å²) < 4.78 is 20.3. The van der Waals surface area contributed by atoms with E-state index in [2.05, 4.69) is 0 Å². The Labute approximate surface area is 227 Å². The van der Waals surface area contributed by atoms with Crippen LogP contribution in [-0.4, -0.2) is 33.4 Å². The van der Waals surface area contributed by atoms with Crippen molar-refractivity contribution in [1.29, 1.82) is 0 Å². The molecule has 0 radical (unpaired) electrons. The van der Waals surface area contributed by atoms with E-state index in [1.54, 1.807) is 4.90 Å². The van der Waals surface area contributed by atoms with Gasteiger partial charge in [0.2, 0.25) is 5.91 Å². The summed E-state index contributed by atoms with van der Waals surface area (Å²) in [6.45, 7) is 11.6. The van der Waals surface area contributed by atoms with Crippen molar-refractivity contribution in [3.63, 3.8) is 0 Å². The van der Waals surface area contributed by atoms with Crippen LogP contribution in [0.3, 0.4) is 0 Å². The molecule has 0 saturated carbocycles.